The van der Waals surface area contributed by atoms with E-state index in [-0.39, 0.29) is 10.6 Å². The third-order valence-corrected chi connectivity index (χ3v) is 4.73. The Balaban J connectivity index is 2.06. The zero-order valence-corrected chi connectivity index (χ0v) is 12.7. The van der Waals surface area contributed by atoms with Gasteiger partial charge in [0.15, 0.2) is 0 Å². The molecule has 3 unspecified atom stereocenters. The minimum Gasteiger partial charge on any atom is -0.309 e. The molecule has 0 radical (unpaired) electrons. The fraction of sp³-hybridized carbons (Fsp3) is 0.600. The van der Waals surface area contributed by atoms with Crippen LogP contribution in [0.25, 0.3) is 0 Å². The molecule has 2 rings (SSSR count). The molecule has 0 spiro atoms. The molecule has 1 aliphatic rings. The number of nitro groups is 1. The SMILES string of the molecule is CC1CCCC(NCc2cc(Cl)ccc2[N+](=O)[O-])C1C. The van der Waals surface area contributed by atoms with E-state index in [0.29, 0.717) is 35.0 Å². The van der Waals surface area contributed by atoms with Gasteiger partial charge < -0.3 is 5.32 Å². The van der Waals surface area contributed by atoms with Crippen molar-refractivity contribution in [3.8, 4) is 0 Å². The van der Waals surface area contributed by atoms with E-state index in [0.717, 1.165) is 6.42 Å². The highest BCUT2D eigenvalue weighted by Gasteiger charge is 2.27. The first-order valence-corrected chi connectivity index (χ1v) is 7.53. The second-order valence-corrected chi connectivity index (χ2v) is 6.22. The van der Waals surface area contributed by atoms with Gasteiger partial charge in [0.25, 0.3) is 5.69 Å². The number of nitro benzene ring substituents is 1. The van der Waals surface area contributed by atoms with Crippen LogP contribution in [-0.2, 0) is 6.54 Å². The van der Waals surface area contributed by atoms with Crippen molar-refractivity contribution in [1.29, 1.82) is 0 Å². The highest BCUT2D eigenvalue weighted by atomic mass is 35.5. The molecule has 0 amide bonds. The van der Waals surface area contributed by atoms with Crippen LogP contribution in [-0.4, -0.2) is 11.0 Å². The second kappa shape index (κ2) is 6.55. The van der Waals surface area contributed by atoms with E-state index < -0.39 is 0 Å². The van der Waals surface area contributed by atoms with E-state index in [1.165, 1.54) is 18.9 Å². The largest absolute Gasteiger partial charge is 0.309 e. The van der Waals surface area contributed by atoms with Crippen molar-refractivity contribution in [2.75, 3.05) is 0 Å². The molecule has 0 bridgehead atoms. The van der Waals surface area contributed by atoms with Crippen molar-refractivity contribution in [3.05, 3.63) is 38.9 Å². The monoisotopic (exact) mass is 296 g/mol. The molecule has 1 aromatic carbocycles. The van der Waals surface area contributed by atoms with Gasteiger partial charge in [-0.15, -0.1) is 0 Å². The fourth-order valence-corrected chi connectivity index (χ4v) is 3.18. The van der Waals surface area contributed by atoms with E-state index in [1.807, 2.05) is 0 Å². The molecule has 4 nitrogen and oxygen atoms in total. The Hall–Kier alpha value is -1.13. The minimum atomic E-state index is -0.347. The summed E-state index contributed by atoms with van der Waals surface area (Å²) in [5.74, 6) is 1.30. The van der Waals surface area contributed by atoms with E-state index in [9.17, 15) is 10.1 Å². The molecule has 1 N–H and O–H groups in total. The lowest BCUT2D eigenvalue weighted by molar-refractivity contribution is -0.385. The van der Waals surface area contributed by atoms with Gasteiger partial charge in [0.1, 0.15) is 0 Å². The summed E-state index contributed by atoms with van der Waals surface area (Å²) >= 11 is 5.94. The van der Waals surface area contributed by atoms with Gasteiger partial charge in [-0.2, -0.15) is 0 Å². The van der Waals surface area contributed by atoms with Gasteiger partial charge in [0, 0.05) is 29.2 Å². The molecular formula is C15H21ClN2O2. The Morgan fingerprint density at radius 1 is 1.40 bits per heavy atom. The first-order chi connectivity index (χ1) is 9.49. The molecule has 0 heterocycles. The van der Waals surface area contributed by atoms with Crippen LogP contribution in [0, 0.1) is 22.0 Å². The first-order valence-electron chi connectivity index (χ1n) is 7.15. The highest BCUT2D eigenvalue weighted by Crippen LogP contribution is 2.30. The average molecular weight is 297 g/mol. The van der Waals surface area contributed by atoms with Crippen LogP contribution in [0.5, 0.6) is 0 Å². The molecule has 3 atom stereocenters. The van der Waals surface area contributed by atoms with Crippen molar-refractivity contribution in [2.24, 2.45) is 11.8 Å². The number of hydrogen-bond donors (Lipinski definition) is 1. The lowest BCUT2D eigenvalue weighted by Gasteiger charge is -2.34. The summed E-state index contributed by atoms with van der Waals surface area (Å²) < 4.78 is 0. The summed E-state index contributed by atoms with van der Waals surface area (Å²) in [6.07, 6.45) is 3.64. The van der Waals surface area contributed by atoms with Crippen LogP contribution in [0.2, 0.25) is 5.02 Å². The molecule has 0 aromatic heterocycles. The summed E-state index contributed by atoms with van der Waals surface area (Å²) in [7, 11) is 0. The molecule has 1 fully saturated rings. The van der Waals surface area contributed by atoms with Crippen LogP contribution in [0.3, 0.4) is 0 Å². The van der Waals surface area contributed by atoms with Gasteiger partial charge in [-0.3, -0.25) is 10.1 Å². The number of halogens is 1. The van der Waals surface area contributed by atoms with Crippen molar-refractivity contribution in [1.82, 2.24) is 5.32 Å². The van der Waals surface area contributed by atoms with Crippen molar-refractivity contribution in [3.63, 3.8) is 0 Å². The Labute approximate surface area is 124 Å². The van der Waals surface area contributed by atoms with Gasteiger partial charge in [-0.25, -0.2) is 0 Å². The summed E-state index contributed by atoms with van der Waals surface area (Å²) in [6.45, 7) is 5.03. The summed E-state index contributed by atoms with van der Waals surface area (Å²) in [5.41, 5.74) is 0.798. The van der Waals surface area contributed by atoms with Gasteiger partial charge in [-0.1, -0.05) is 38.3 Å². The van der Waals surface area contributed by atoms with Gasteiger partial charge >= 0.3 is 0 Å². The van der Waals surface area contributed by atoms with Gasteiger partial charge in [0.05, 0.1) is 4.92 Å². The molecule has 5 heteroatoms. The molecule has 0 saturated heterocycles. The first kappa shape index (κ1) is 15.3. The van der Waals surface area contributed by atoms with E-state index in [1.54, 1.807) is 12.1 Å². The van der Waals surface area contributed by atoms with E-state index in [2.05, 4.69) is 19.2 Å². The lowest BCUT2D eigenvalue weighted by atomic mass is 9.78. The quantitative estimate of drug-likeness (QED) is 0.670. The Bertz CT molecular complexity index is 493. The molecule has 20 heavy (non-hydrogen) atoms. The number of nitrogens with one attached hydrogen (secondary N) is 1. The average Bonchev–Trinajstić information content (AvgIpc) is 2.40. The summed E-state index contributed by atoms with van der Waals surface area (Å²) in [6, 6.07) is 5.15. The predicted octanol–water partition coefficient (Wildman–Crippen LogP) is 4.16. The van der Waals surface area contributed by atoms with Crippen molar-refractivity contribution in [2.45, 2.75) is 45.7 Å². The summed E-state index contributed by atoms with van der Waals surface area (Å²) in [5, 5.41) is 15.1. The third kappa shape index (κ3) is 3.49. The maximum Gasteiger partial charge on any atom is 0.273 e. The molecule has 1 aromatic rings. The van der Waals surface area contributed by atoms with E-state index in [4.69, 9.17) is 11.6 Å². The molecule has 1 saturated carbocycles. The standard InChI is InChI=1S/C15H21ClN2O2/c1-10-4-3-5-14(11(10)2)17-9-12-8-13(16)6-7-15(12)18(19)20/h6-8,10-11,14,17H,3-5,9H2,1-2H3. The molecule has 1 aliphatic carbocycles. The smallest absolute Gasteiger partial charge is 0.273 e. The van der Waals surface area contributed by atoms with Crippen LogP contribution in [0.15, 0.2) is 18.2 Å². The van der Waals surface area contributed by atoms with Crippen LogP contribution in [0.1, 0.15) is 38.7 Å². The number of nitrogens with zero attached hydrogens (tertiary/aromatic N) is 1. The summed E-state index contributed by atoms with van der Waals surface area (Å²) in [4.78, 5) is 10.7. The maximum atomic E-state index is 11.0. The lowest BCUT2D eigenvalue weighted by Crippen LogP contribution is -2.40. The number of rotatable bonds is 4. The van der Waals surface area contributed by atoms with Crippen LogP contribution >= 0.6 is 11.6 Å². The fourth-order valence-electron chi connectivity index (χ4n) is 2.98. The maximum absolute atomic E-state index is 11.0. The Kier molecular flexibility index (Phi) is 5.00. The normalized spacial score (nSPS) is 26.4. The van der Waals surface area contributed by atoms with Crippen LogP contribution < -0.4 is 5.32 Å². The predicted molar refractivity (Wildman–Crippen MR) is 80.9 cm³/mol. The minimum absolute atomic E-state index is 0.137. The van der Waals surface area contributed by atoms with Gasteiger partial charge in [-0.05, 0) is 30.4 Å². The van der Waals surface area contributed by atoms with Crippen LogP contribution in [0.4, 0.5) is 5.69 Å². The third-order valence-electron chi connectivity index (χ3n) is 4.50. The van der Waals surface area contributed by atoms with Crippen molar-refractivity contribution < 1.29 is 4.92 Å². The Morgan fingerprint density at radius 3 is 2.85 bits per heavy atom. The van der Waals surface area contributed by atoms with Gasteiger partial charge in [0.2, 0.25) is 0 Å². The highest BCUT2D eigenvalue weighted by molar-refractivity contribution is 6.30. The molecular weight excluding hydrogens is 276 g/mol. The molecule has 0 aliphatic heterocycles. The zero-order valence-electron chi connectivity index (χ0n) is 11.9. The number of hydrogen-bond acceptors (Lipinski definition) is 3. The van der Waals surface area contributed by atoms with E-state index >= 15 is 0 Å². The zero-order chi connectivity index (χ0) is 14.7. The number of benzene rings is 1. The topological polar surface area (TPSA) is 55.2 Å². The second-order valence-electron chi connectivity index (χ2n) is 5.78. The molecule has 110 valence electrons. The van der Waals surface area contributed by atoms with Crippen molar-refractivity contribution >= 4 is 17.3 Å². The Morgan fingerprint density at radius 2 is 2.15 bits per heavy atom.